The molecule has 0 spiro atoms. The number of aliphatic hydroxyl groups is 2. The van der Waals surface area contributed by atoms with Gasteiger partial charge in [0.2, 0.25) is 7.85 Å². The summed E-state index contributed by atoms with van der Waals surface area (Å²) in [5, 5.41) is 17.3. The maximum atomic E-state index is 11.0. The molecule has 2 N–H and O–H groups in total. The van der Waals surface area contributed by atoms with Crippen molar-refractivity contribution < 1.29 is 29.3 Å². The highest BCUT2D eigenvalue weighted by molar-refractivity contribution is 6.56. The van der Waals surface area contributed by atoms with Crippen LogP contribution in [0.4, 0.5) is 4.79 Å². The van der Waals surface area contributed by atoms with Crippen LogP contribution in [0.3, 0.4) is 0 Å². The molecule has 6 nitrogen and oxygen atoms in total. The molecule has 0 saturated carbocycles. The van der Waals surface area contributed by atoms with Crippen LogP contribution in [0.25, 0.3) is 0 Å². The largest absolute Gasteiger partial charge is 0.498 e. The summed E-state index contributed by atoms with van der Waals surface area (Å²) in [5.74, 6) is -1.51. The van der Waals surface area contributed by atoms with Gasteiger partial charge in [-0.2, -0.15) is 0 Å². The quantitative estimate of drug-likeness (QED) is 0.192. The second-order valence-electron chi connectivity index (χ2n) is 2.85. The van der Waals surface area contributed by atoms with Crippen molar-refractivity contribution in [3.8, 4) is 0 Å². The third-order valence-corrected chi connectivity index (χ3v) is 1.32. The Balaban J connectivity index is 3.97. The Bertz CT molecular complexity index is 262. The van der Waals surface area contributed by atoms with Crippen LogP contribution < -0.4 is 0 Å². The molecule has 0 radical (unpaired) electrons. The fourth-order valence-corrected chi connectivity index (χ4v) is 0.596. The standard InChI is InChI=1S/C8H13BO6/c1-5(7(12)15-8(9)13)3-14-4-6(11)2-10/h3,6,10-11H,2,4,9H2,1H3. The van der Waals surface area contributed by atoms with Gasteiger partial charge in [0.25, 0.3) is 5.87 Å². The first kappa shape index (κ1) is 13.7. The van der Waals surface area contributed by atoms with Gasteiger partial charge in [-0.3, -0.25) is 4.79 Å². The van der Waals surface area contributed by atoms with Gasteiger partial charge in [-0.1, -0.05) is 0 Å². The van der Waals surface area contributed by atoms with Gasteiger partial charge in [-0.25, -0.2) is 4.79 Å². The minimum atomic E-state index is -1.00. The summed E-state index contributed by atoms with van der Waals surface area (Å²) in [7, 11) is 1.11. The van der Waals surface area contributed by atoms with Crippen molar-refractivity contribution in [2.45, 2.75) is 13.0 Å². The van der Waals surface area contributed by atoms with E-state index in [1.807, 2.05) is 0 Å². The molecule has 0 aliphatic rings. The molecule has 0 amide bonds. The fourth-order valence-electron chi connectivity index (χ4n) is 0.596. The van der Waals surface area contributed by atoms with Crippen LogP contribution >= 0.6 is 0 Å². The van der Waals surface area contributed by atoms with E-state index in [2.05, 4.69) is 4.74 Å². The van der Waals surface area contributed by atoms with Gasteiger partial charge in [0.1, 0.15) is 12.7 Å². The number of carbonyl (C=O) groups excluding carboxylic acids is 2. The first-order valence-corrected chi connectivity index (χ1v) is 4.27. The number of aliphatic hydroxyl groups excluding tert-OH is 2. The normalized spacial score (nSPS) is 13.1. The van der Waals surface area contributed by atoms with E-state index in [4.69, 9.17) is 14.9 Å². The first-order valence-electron chi connectivity index (χ1n) is 4.27. The number of hydrogen-bond donors (Lipinski definition) is 2. The lowest BCUT2D eigenvalue weighted by atomic mass is 10.2. The highest BCUT2D eigenvalue weighted by Gasteiger charge is 2.09. The first-order chi connectivity index (χ1) is 6.97. The van der Waals surface area contributed by atoms with Crippen LogP contribution in [-0.4, -0.2) is 49.2 Å². The lowest BCUT2D eigenvalue weighted by molar-refractivity contribution is -0.132. The van der Waals surface area contributed by atoms with E-state index in [1.54, 1.807) is 0 Å². The summed E-state index contributed by atoms with van der Waals surface area (Å²) in [6.07, 6.45) is 0.0577. The third-order valence-electron chi connectivity index (χ3n) is 1.32. The molecule has 0 aromatic heterocycles. The Morgan fingerprint density at radius 1 is 1.53 bits per heavy atom. The number of ether oxygens (including phenoxy) is 2. The van der Waals surface area contributed by atoms with Gasteiger partial charge in [-0.05, 0) is 6.92 Å². The number of rotatable bonds is 5. The molecule has 0 aromatic rings. The summed E-state index contributed by atoms with van der Waals surface area (Å²) >= 11 is 0. The van der Waals surface area contributed by atoms with Crippen molar-refractivity contribution in [1.82, 2.24) is 0 Å². The van der Waals surface area contributed by atoms with E-state index in [1.165, 1.54) is 6.92 Å². The topological polar surface area (TPSA) is 93.1 Å². The molecule has 0 saturated heterocycles. The van der Waals surface area contributed by atoms with E-state index >= 15 is 0 Å². The third kappa shape index (κ3) is 6.70. The molecule has 0 rings (SSSR count). The lowest BCUT2D eigenvalue weighted by Gasteiger charge is -2.06. The summed E-state index contributed by atoms with van der Waals surface area (Å²) in [4.78, 5) is 21.4. The average Bonchev–Trinajstić information content (AvgIpc) is 2.16. The van der Waals surface area contributed by atoms with Crippen molar-refractivity contribution in [3.63, 3.8) is 0 Å². The van der Waals surface area contributed by atoms with Crippen molar-refractivity contribution in [2.24, 2.45) is 0 Å². The molecule has 1 unspecified atom stereocenters. The van der Waals surface area contributed by atoms with Crippen molar-refractivity contribution >= 4 is 19.7 Å². The summed E-state index contributed by atoms with van der Waals surface area (Å²) in [6, 6.07) is 0. The zero-order chi connectivity index (χ0) is 11.8. The lowest BCUT2D eigenvalue weighted by Crippen LogP contribution is -2.18. The summed E-state index contributed by atoms with van der Waals surface area (Å²) in [6.45, 7) is 0.836. The van der Waals surface area contributed by atoms with E-state index in [0.29, 0.717) is 0 Å². The van der Waals surface area contributed by atoms with Crippen LogP contribution in [0.2, 0.25) is 0 Å². The van der Waals surface area contributed by atoms with Crippen LogP contribution in [0.15, 0.2) is 11.8 Å². The van der Waals surface area contributed by atoms with Crippen LogP contribution in [0.5, 0.6) is 0 Å². The van der Waals surface area contributed by atoms with E-state index in [-0.39, 0.29) is 12.2 Å². The Labute approximate surface area is 87.9 Å². The minimum absolute atomic E-state index is 0.0929. The minimum Gasteiger partial charge on any atom is -0.498 e. The number of carbonyl (C=O) groups is 2. The van der Waals surface area contributed by atoms with E-state index < -0.39 is 24.5 Å². The molecule has 0 heterocycles. The Morgan fingerprint density at radius 2 is 2.13 bits per heavy atom. The smallest absolute Gasteiger partial charge is 0.343 e. The van der Waals surface area contributed by atoms with Crippen molar-refractivity contribution in [1.29, 1.82) is 0 Å². The molecule has 0 aliphatic carbocycles. The second kappa shape index (κ2) is 7.02. The molecular formula is C8H13BO6. The van der Waals surface area contributed by atoms with E-state index in [9.17, 15) is 9.59 Å². The van der Waals surface area contributed by atoms with Gasteiger partial charge in [-0.15, -0.1) is 0 Å². The van der Waals surface area contributed by atoms with Gasteiger partial charge in [0.15, 0.2) is 0 Å². The van der Waals surface area contributed by atoms with Gasteiger partial charge in [0, 0.05) is 0 Å². The van der Waals surface area contributed by atoms with Gasteiger partial charge in [0.05, 0.1) is 18.4 Å². The zero-order valence-corrected chi connectivity index (χ0v) is 8.60. The Hall–Kier alpha value is -1.34. The molecule has 0 fully saturated rings. The molecule has 7 heteroatoms. The molecular weight excluding hydrogens is 203 g/mol. The number of hydrogen-bond acceptors (Lipinski definition) is 6. The highest BCUT2D eigenvalue weighted by atomic mass is 16.6. The maximum Gasteiger partial charge on any atom is 0.343 e. The Morgan fingerprint density at radius 3 is 2.60 bits per heavy atom. The van der Waals surface area contributed by atoms with Crippen molar-refractivity contribution in [3.05, 3.63) is 11.8 Å². The van der Waals surface area contributed by atoms with Crippen LogP contribution in [0, 0.1) is 0 Å². The fraction of sp³-hybridized carbons (Fsp3) is 0.500. The van der Waals surface area contributed by atoms with Gasteiger partial charge < -0.3 is 19.7 Å². The Kier molecular flexibility index (Phi) is 6.40. The number of esters is 1. The molecule has 1 atom stereocenters. The van der Waals surface area contributed by atoms with E-state index in [0.717, 1.165) is 14.1 Å². The molecule has 15 heavy (non-hydrogen) atoms. The second-order valence-corrected chi connectivity index (χ2v) is 2.85. The molecule has 0 aliphatic heterocycles. The predicted molar refractivity (Wildman–Crippen MR) is 52.8 cm³/mol. The van der Waals surface area contributed by atoms with Gasteiger partial charge >= 0.3 is 5.97 Å². The SMILES string of the molecule is BC(=O)OC(=O)C(C)=COCC(O)CO. The maximum absolute atomic E-state index is 11.0. The predicted octanol–water partition coefficient (Wildman–Crippen LogP) is -1.44. The zero-order valence-electron chi connectivity index (χ0n) is 8.60. The van der Waals surface area contributed by atoms with Crippen molar-refractivity contribution in [2.75, 3.05) is 13.2 Å². The monoisotopic (exact) mass is 216 g/mol. The molecule has 0 aromatic carbocycles. The van der Waals surface area contributed by atoms with Crippen LogP contribution in [-0.2, 0) is 14.3 Å². The highest BCUT2D eigenvalue weighted by Crippen LogP contribution is 1.98. The van der Waals surface area contributed by atoms with Crippen LogP contribution in [0.1, 0.15) is 6.92 Å². The molecule has 84 valence electrons. The average molecular weight is 216 g/mol. The summed E-state index contributed by atoms with van der Waals surface area (Å²) in [5.41, 5.74) is 0.0929. The summed E-state index contributed by atoms with van der Waals surface area (Å²) < 4.78 is 9.02. The molecule has 0 bridgehead atoms.